The Kier molecular flexibility index (Phi) is 7.19. The van der Waals surface area contributed by atoms with E-state index in [1.807, 2.05) is 36.2 Å². The van der Waals surface area contributed by atoms with Crippen molar-refractivity contribution in [3.8, 4) is 5.75 Å². The molecule has 0 aromatic heterocycles. The highest BCUT2D eigenvalue weighted by molar-refractivity contribution is 5.98. The molecule has 2 aliphatic heterocycles. The third-order valence-corrected chi connectivity index (χ3v) is 6.25. The van der Waals surface area contributed by atoms with E-state index >= 15 is 0 Å². The van der Waals surface area contributed by atoms with Crippen molar-refractivity contribution in [3.63, 3.8) is 0 Å². The number of rotatable bonds is 7. The second-order valence-electron chi connectivity index (χ2n) is 8.21. The van der Waals surface area contributed by atoms with Crippen molar-refractivity contribution in [1.82, 2.24) is 21.1 Å². The summed E-state index contributed by atoms with van der Waals surface area (Å²) in [5, 5.41) is 3.22. The largest absolute Gasteiger partial charge is 0.497 e. The first-order valence-corrected chi connectivity index (χ1v) is 11.1. The fourth-order valence-corrected chi connectivity index (χ4v) is 4.52. The fourth-order valence-electron chi connectivity index (χ4n) is 4.52. The van der Waals surface area contributed by atoms with Crippen LogP contribution in [0.2, 0.25) is 0 Å². The molecule has 1 atom stereocenters. The molecule has 2 aromatic carbocycles. The topological polar surface area (TPSA) is 68.9 Å². The third-order valence-electron chi connectivity index (χ3n) is 6.25. The van der Waals surface area contributed by atoms with Crippen molar-refractivity contribution in [2.75, 3.05) is 58.3 Å². The summed E-state index contributed by atoms with van der Waals surface area (Å²) in [6.45, 7) is 5.12. The summed E-state index contributed by atoms with van der Waals surface area (Å²) in [6, 6.07) is 16.1. The average molecular weight is 424 g/mol. The number of carbonyl (C=O) groups excluding carboxylic acids is 1. The molecule has 31 heavy (non-hydrogen) atoms. The van der Waals surface area contributed by atoms with Gasteiger partial charge in [-0.15, -0.1) is 0 Å². The van der Waals surface area contributed by atoms with E-state index in [4.69, 9.17) is 4.74 Å². The number of nitrogens with one attached hydrogen (secondary N) is 3. The van der Waals surface area contributed by atoms with E-state index in [-0.39, 0.29) is 11.9 Å². The zero-order chi connectivity index (χ0) is 21.6. The molecular formula is C24H33N5O2. The normalized spacial score (nSPS) is 20.8. The number of likely N-dealkylation sites (N-methyl/N-ethyl adjacent to an activating group) is 1. The first-order valence-electron chi connectivity index (χ1n) is 11.1. The van der Waals surface area contributed by atoms with Gasteiger partial charge in [0.25, 0.3) is 0 Å². The Morgan fingerprint density at radius 1 is 1.06 bits per heavy atom. The summed E-state index contributed by atoms with van der Waals surface area (Å²) in [4.78, 5) is 18.1. The molecule has 2 aromatic rings. The quantitative estimate of drug-likeness (QED) is 0.632. The predicted molar refractivity (Wildman–Crippen MR) is 123 cm³/mol. The molecule has 1 unspecified atom stereocenters. The molecule has 2 saturated heterocycles. The van der Waals surface area contributed by atoms with Crippen LogP contribution in [0.3, 0.4) is 0 Å². The summed E-state index contributed by atoms with van der Waals surface area (Å²) in [5.74, 6) is 1.37. The van der Waals surface area contributed by atoms with Gasteiger partial charge in [-0.25, -0.2) is 0 Å². The molecule has 3 N–H and O–H groups in total. The van der Waals surface area contributed by atoms with Gasteiger partial charge in [-0.1, -0.05) is 24.3 Å². The Balaban J connectivity index is 1.62. The second kappa shape index (κ2) is 10.2. The lowest BCUT2D eigenvalue weighted by Crippen LogP contribution is -2.42. The van der Waals surface area contributed by atoms with Gasteiger partial charge < -0.3 is 15.0 Å². The Morgan fingerprint density at radius 2 is 1.84 bits per heavy atom. The van der Waals surface area contributed by atoms with Crippen LogP contribution in [0.1, 0.15) is 29.5 Å². The van der Waals surface area contributed by atoms with Crippen molar-refractivity contribution < 1.29 is 9.53 Å². The van der Waals surface area contributed by atoms with Crippen LogP contribution in [0.15, 0.2) is 48.5 Å². The summed E-state index contributed by atoms with van der Waals surface area (Å²) in [6.07, 6.45) is 0.939. The molecule has 0 radical (unpaired) electrons. The van der Waals surface area contributed by atoms with Gasteiger partial charge >= 0.3 is 0 Å². The van der Waals surface area contributed by atoms with Crippen LogP contribution in [0, 0.1) is 0 Å². The summed E-state index contributed by atoms with van der Waals surface area (Å²) >= 11 is 0. The van der Waals surface area contributed by atoms with Gasteiger partial charge in [0.1, 0.15) is 11.8 Å². The number of ether oxygens (including phenoxy) is 1. The monoisotopic (exact) mass is 423 g/mol. The van der Waals surface area contributed by atoms with Gasteiger partial charge in [-0.05, 0) is 48.9 Å². The Hall–Kier alpha value is -2.45. The molecule has 0 bridgehead atoms. The predicted octanol–water partition coefficient (Wildman–Crippen LogP) is 1.89. The van der Waals surface area contributed by atoms with Crippen LogP contribution >= 0.6 is 0 Å². The molecule has 0 saturated carbocycles. The summed E-state index contributed by atoms with van der Waals surface area (Å²) in [5.41, 5.74) is 9.61. The molecule has 4 rings (SSSR count). The van der Waals surface area contributed by atoms with Crippen molar-refractivity contribution in [2.45, 2.75) is 18.4 Å². The second-order valence-corrected chi connectivity index (χ2v) is 8.21. The molecule has 7 heteroatoms. The van der Waals surface area contributed by atoms with Crippen LogP contribution in [0.4, 0.5) is 5.69 Å². The maximum Gasteiger partial charge on any atom is 0.248 e. The number of methoxy groups -OCH3 is 1. The van der Waals surface area contributed by atoms with Gasteiger partial charge in [0, 0.05) is 50.9 Å². The smallest absolute Gasteiger partial charge is 0.248 e. The standard InChI is InChI=1S/C24H33N5O2/c1-25-11-14-28-12-4-13-29(21-9-7-18(8-10-21)20-16-26-27-17-20)24(30)23(28)19-5-3-6-22(15-19)31-2/h3,5-10,15,20,23,25-27H,4,11-14,16-17H2,1-2H3. The van der Waals surface area contributed by atoms with E-state index in [9.17, 15) is 4.79 Å². The number of amides is 1. The van der Waals surface area contributed by atoms with E-state index in [1.165, 1.54) is 5.56 Å². The number of hydrazine groups is 1. The van der Waals surface area contributed by atoms with E-state index < -0.39 is 0 Å². The molecule has 7 nitrogen and oxygen atoms in total. The van der Waals surface area contributed by atoms with Crippen LogP contribution in [-0.4, -0.2) is 64.2 Å². The van der Waals surface area contributed by atoms with Crippen molar-refractivity contribution in [3.05, 3.63) is 59.7 Å². The van der Waals surface area contributed by atoms with Crippen LogP contribution in [0.25, 0.3) is 0 Å². The molecular weight excluding hydrogens is 390 g/mol. The Morgan fingerprint density at radius 3 is 2.55 bits per heavy atom. The zero-order valence-electron chi connectivity index (χ0n) is 18.4. The number of benzene rings is 2. The summed E-state index contributed by atoms with van der Waals surface area (Å²) in [7, 11) is 3.61. The van der Waals surface area contributed by atoms with Gasteiger partial charge in [-0.3, -0.25) is 20.5 Å². The van der Waals surface area contributed by atoms with Crippen molar-refractivity contribution in [1.29, 1.82) is 0 Å². The van der Waals surface area contributed by atoms with Crippen molar-refractivity contribution in [2.24, 2.45) is 0 Å². The number of hydrogen-bond acceptors (Lipinski definition) is 6. The number of anilines is 1. The minimum atomic E-state index is -0.325. The molecule has 166 valence electrons. The SMILES string of the molecule is CNCCN1CCCN(c2ccc(C3CNNC3)cc2)C(=O)C1c1cccc(OC)c1. The molecule has 2 heterocycles. The molecule has 2 fully saturated rings. The maximum atomic E-state index is 13.9. The van der Waals surface area contributed by atoms with E-state index in [0.29, 0.717) is 5.92 Å². The lowest BCUT2D eigenvalue weighted by Gasteiger charge is -2.31. The number of hydrogen-bond donors (Lipinski definition) is 3. The summed E-state index contributed by atoms with van der Waals surface area (Å²) < 4.78 is 5.44. The van der Waals surface area contributed by atoms with Crippen LogP contribution in [-0.2, 0) is 4.79 Å². The van der Waals surface area contributed by atoms with Gasteiger partial charge in [-0.2, -0.15) is 0 Å². The molecule has 2 aliphatic rings. The van der Waals surface area contributed by atoms with E-state index in [2.05, 4.69) is 45.3 Å². The van der Waals surface area contributed by atoms with Crippen molar-refractivity contribution >= 4 is 11.6 Å². The highest BCUT2D eigenvalue weighted by Crippen LogP contribution is 2.31. The first kappa shape index (κ1) is 21.8. The molecule has 0 aliphatic carbocycles. The number of carbonyl (C=O) groups is 1. The highest BCUT2D eigenvalue weighted by atomic mass is 16.5. The van der Waals surface area contributed by atoms with Crippen LogP contribution in [0.5, 0.6) is 5.75 Å². The lowest BCUT2D eigenvalue weighted by molar-refractivity contribution is -0.123. The van der Waals surface area contributed by atoms with E-state index in [0.717, 1.165) is 62.7 Å². The third kappa shape index (κ3) is 4.91. The minimum absolute atomic E-state index is 0.124. The average Bonchev–Trinajstić information content (AvgIpc) is 3.29. The highest BCUT2D eigenvalue weighted by Gasteiger charge is 2.34. The number of nitrogens with zero attached hydrogens (tertiary/aromatic N) is 2. The minimum Gasteiger partial charge on any atom is -0.497 e. The van der Waals surface area contributed by atoms with E-state index in [1.54, 1.807) is 7.11 Å². The van der Waals surface area contributed by atoms with Gasteiger partial charge in [0.05, 0.1) is 7.11 Å². The Labute approximate surface area is 184 Å². The first-order chi connectivity index (χ1) is 15.2. The van der Waals surface area contributed by atoms with Gasteiger partial charge in [0.15, 0.2) is 0 Å². The zero-order valence-corrected chi connectivity index (χ0v) is 18.4. The fraction of sp³-hybridized carbons (Fsp3) is 0.458. The van der Waals surface area contributed by atoms with Gasteiger partial charge in [0.2, 0.25) is 5.91 Å². The molecule has 1 amide bonds. The Bertz CT molecular complexity index is 867. The lowest BCUT2D eigenvalue weighted by atomic mass is 9.99. The maximum absolute atomic E-state index is 13.9. The van der Waals surface area contributed by atoms with Crippen LogP contribution < -0.4 is 25.8 Å². The molecule has 0 spiro atoms.